The molecule has 6 nitrogen and oxygen atoms in total. The molecule has 0 saturated heterocycles. The maximum atomic E-state index is 11.3. The minimum atomic E-state index is -4.55. The predicted molar refractivity (Wildman–Crippen MR) is 64.0 cm³/mol. The summed E-state index contributed by atoms with van der Waals surface area (Å²) in [6.07, 6.45) is 0. The van der Waals surface area contributed by atoms with Crippen molar-refractivity contribution in [3.8, 4) is 0 Å². The molecule has 0 amide bonds. The quantitative estimate of drug-likeness (QED) is 0.576. The lowest BCUT2D eigenvalue weighted by Crippen LogP contribution is -2.24. The van der Waals surface area contributed by atoms with Gasteiger partial charge in [0.25, 0.3) is 0 Å². The fraction of sp³-hybridized carbons (Fsp3) is 0.333. The SMILES string of the molecule is Cc1cc(C)c(P(=O)(O)O)c(C)c1P(=O)(O)O. The molecule has 1 aromatic carbocycles. The van der Waals surface area contributed by atoms with E-state index < -0.39 is 15.2 Å². The van der Waals surface area contributed by atoms with Gasteiger partial charge < -0.3 is 19.6 Å². The monoisotopic (exact) mass is 280 g/mol. The second-order valence-electron chi connectivity index (χ2n) is 3.92. The molecule has 0 aliphatic carbocycles. The summed E-state index contributed by atoms with van der Waals surface area (Å²) < 4.78 is 22.6. The van der Waals surface area contributed by atoms with Gasteiger partial charge in [-0.1, -0.05) is 6.07 Å². The van der Waals surface area contributed by atoms with Gasteiger partial charge in [0.05, 0.1) is 10.6 Å². The Balaban J connectivity index is 3.80. The van der Waals surface area contributed by atoms with Crippen LogP contribution in [0.2, 0.25) is 0 Å². The molecule has 0 aliphatic heterocycles. The molecular formula is C9H14O6P2. The average molecular weight is 280 g/mol. The van der Waals surface area contributed by atoms with Gasteiger partial charge in [0.1, 0.15) is 0 Å². The number of benzene rings is 1. The summed E-state index contributed by atoms with van der Waals surface area (Å²) in [5.74, 6) is 0. The van der Waals surface area contributed by atoms with Crippen molar-refractivity contribution in [1.29, 1.82) is 0 Å². The van der Waals surface area contributed by atoms with E-state index in [0.29, 0.717) is 11.1 Å². The topological polar surface area (TPSA) is 115 Å². The molecule has 0 aliphatic rings. The number of hydrogen-bond acceptors (Lipinski definition) is 2. The van der Waals surface area contributed by atoms with Crippen molar-refractivity contribution in [2.45, 2.75) is 20.8 Å². The van der Waals surface area contributed by atoms with Gasteiger partial charge in [-0.2, -0.15) is 0 Å². The van der Waals surface area contributed by atoms with Crippen LogP contribution in [-0.4, -0.2) is 19.6 Å². The van der Waals surface area contributed by atoms with Gasteiger partial charge in [-0.3, -0.25) is 9.13 Å². The average Bonchev–Trinajstić information content (AvgIpc) is 1.94. The van der Waals surface area contributed by atoms with Crippen molar-refractivity contribution in [3.63, 3.8) is 0 Å². The summed E-state index contributed by atoms with van der Waals surface area (Å²) in [5.41, 5.74) is 0.611. The zero-order valence-corrected chi connectivity index (χ0v) is 11.4. The van der Waals surface area contributed by atoms with Gasteiger partial charge in [0.2, 0.25) is 0 Å². The molecule has 0 fully saturated rings. The Kier molecular flexibility index (Phi) is 3.71. The van der Waals surface area contributed by atoms with Crippen LogP contribution in [0.1, 0.15) is 16.7 Å². The Bertz CT molecular complexity index is 507. The number of aryl methyl sites for hydroxylation is 2. The summed E-state index contributed by atoms with van der Waals surface area (Å²) in [6.45, 7) is 4.30. The Morgan fingerprint density at radius 1 is 0.824 bits per heavy atom. The first-order valence-electron chi connectivity index (χ1n) is 4.69. The summed E-state index contributed by atoms with van der Waals surface area (Å²) >= 11 is 0. The highest BCUT2D eigenvalue weighted by Gasteiger charge is 2.31. The molecule has 0 bridgehead atoms. The first-order chi connectivity index (χ1) is 7.46. The first-order valence-corrected chi connectivity index (χ1v) is 7.91. The van der Waals surface area contributed by atoms with E-state index >= 15 is 0 Å². The lowest BCUT2D eigenvalue weighted by atomic mass is 10.1. The second kappa shape index (κ2) is 4.32. The van der Waals surface area contributed by atoms with Crippen LogP contribution in [-0.2, 0) is 9.13 Å². The van der Waals surface area contributed by atoms with E-state index in [2.05, 4.69) is 0 Å². The van der Waals surface area contributed by atoms with Gasteiger partial charge in [-0.05, 0) is 37.5 Å². The van der Waals surface area contributed by atoms with Crippen LogP contribution in [0.15, 0.2) is 6.07 Å². The third-order valence-corrected chi connectivity index (χ3v) is 5.01. The van der Waals surface area contributed by atoms with Crippen LogP contribution in [0.25, 0.3) is 0 Å². The fourth-order valence-electron chi connectivity index (χ4n) is 2.06. The smallest absolute Gasteiger partial charge is 0.321 e. The normalized spacial score (nSPS) is 12.9. The van der Waals surface area contributed by atoms with Crippen molar-refractivity contribution in [3.05, 3.63) is 22.8 Å². The molecule has 0 unspecified atom stereocenters. The maximum absolute atomic E-state index is 11.3. The van der Waals surface area contributed by atoms with E-state index in [1.807, 2.05) is 0 Å². The third kappa shape index (κ3) is 2.86. The Morgan fingerprint density at radius 2 is 1.12 bits per heavy atom. The van der Waals surface area contributed by atoms with Gasteiger partial charge in [0, 0.05) is 0 Å². The Morgan fingerprint density at radius 3 is 1.35 bits per heavy atom. The lowest BCUT2D eigenvalue weighted by molar-refractivity contribution is 0.386. The van der Waals surface area contributed by atoms with Gasteiger partial charge in [-0.15, -0.1) is 0 Å². The molecular weight excluding hydrogens is 266 g/mol. The molecule has 0 spiro atoms. The maximum Gasteiger partial charge on any atom is 0.356 e. The van der Waals surface area contributed by atoms with E-state index in [-0.39, 0.29) is 16.2 Å². The molecule has 0 aromatic heterocycles. The largest absolute Gasteiger partial charge is 0.356 e. The molecule has 0 atom stereocenters. The summed E-state index contributed by atoms with van der Waals surface area (Å²) in [4.78, 5) is 36.8. The molecule has 4 N–H and O–H groups in total. The van der Waals surface area contributed by atoms with Gasteiger partial charge >= 0.3 is 15.2 Å². The number of rotatable bonds is 2. The van der Waals surface area contributed by atoms with E-state index in [0.717, 1.165) is 0 Å². The molecule has 1 rings (SSSR count). The zero-order valence-electron chi connectivity index (χ0n) is 9.58. The van der Waals surface area contributed by atoms with E-state index in [1.54, 1.807) is 0 Å². The van der Waals surface area contributed by atoms with Crippen LogP contribution >= 0.6 is 15.2 Å². The highest BCUT2D eigenvalue weighted by Crippen LogP contribution is 2.41. The zero-order chi connectivity index (χ0) is 13.6. The van der Waals surface area contributed by atoms with Crippen molar-refractivity contribution < 1.29 is 28.7 Å². The van der Waals surface area contributed by atoms with E-state index in [4.69, 9.17) is 0 Å². The number of hydrogen-bond donors (Lipinski definition) is 4. The highest BCUT2D eigenvalue weighted by atomic mass is 31.2. The minimum absolute atomic E-state index is 0.0378. The summed E-state index contributed by atoms with van der Waals surface area (Å²) in [7, 11) is -9.11. The lowest BCUT2D eigenvalue weighted by Gasteiger charge is -2.18. The molecule has 0 radical (unpaired) electrons. The Labute approximate surface area is 98.6 Å². The summed E-state index contributed by atoms with van der Waals surface area (Å²) in [6, 6.07) is 1.37. The standard InChI is InChI=1S/C9H14O6P2/c1-5-4-6(2)9(17(13,14)15)7(3)8(5)16(10,11)12/h4H,1-3H3,(H2,10,11,12)(H2,13,14,15). The van der Waals surface area contributed by atoms with Crippen molar-refractivity contribution in [2.24, 2.45) is 0 Å². The van der Waals surface area contributed by atoms with E-state index in [9.17, 15) is 28.7 Å². The molecule has 8 heteroatoms. The van der Waals surface area contributed by atoms with Crippen molar-refractivity contribution in [1.82, 2.24) is 0 Å². The molecule has 1 aromatic rings. The molecule has 96 valence electrons. The van der Waals surface area contributed by atoms with Crippen LogP contribution in [0.4, 0.5) is 0 Å². The predicted octanol–water partition coefficient (Wildman–Crippen LogP) is 0.218. The van der Waals surface area contributed by atoms with Crippen LogP contribution < -0.4 is 10.6 Å². The van der Waals surface area contributed by atoms with Crippen LogP contribution in [0.5, 0.6) is 0 Å². The van der Waals surface area contributed by atoms with Crippen LogP contribution in [0.3, 0.4) is 0 Å². The van der Waals surface area contributed by atoms with Crippen molar-refractivity contribution in [2.75, 3.05) is 0 Å². The second-order valence-corrected chi connectivity index (χ2v) is 6.99. The van der Waals surface area contributed by atoms with Crippen molar-refractivity contribution >= 4 is 25.8 Å². The van der Waals surface area contributed by atoms with Gasteiger partial charge in [0.15, 0.2) is 0 Å². The third-order valence-electron chi connectivity index (χ3n) is 2.47. The molecule has 0 heterocycles. The fourth-order valence-corrected chi connectivity index (χ4v) is 4.30. The van der Waals surface area contributed by atoms with Gasteiger partial charge in [-0.25, -0.2) is 0 Å². The minimum Gasteiger partial charge on any atom is -0.321 e. The van der Waals surface area contributed by atoms with E-state index in [1.165, 1.54) is 26.8 Å². The van der Waals surface area contributed by atoms with Crippen LogP contribution in [0, 0.1) is 20.8 Å². The molecule has 0 saturated carbocycles. The highest BCUT2D eigenvalue weighted by molar-refractivity contribution is 7.62. The first kappa shape index (κ1) is 14.6. The Hall–Kier alpha value is -0.480. The summed E-state index contributed by atoms with van der Waals surface area (Å²) in [5, 5.41) is -0.608. The molecule has 17 heavy (non-hydrogen) atoms.